The van der Waals surface area contributed by atoms with E-state index in [1.165, 1.54) is 12.1 Å². The van der Waals surface area contributed by atoms with Crippen LogP contribution in [0.1, 0.15) is 11.1 Å². The second-order valence-electron chi connectivity index (χ2n) is 5.39. The molecule has 0 saturated heterocycles. The van der Waals surface area contributed by atoms with Gasteiger partial charge in [-0.3, -0.25) is 5.32 Å². The second-order valence-corrected chi connectivity index (χ2v) is 6.96. The highest BCUT2D eigenvalue weighted by atomic mass is 32.2. The summed E-state index contributed by atoms with van der Waals surface area (Å²) in [5, 5.41) is 11.0. The van der Waals surface area contributed by atoms with E-state index < -0.39 is 27.9 Å². The van der Waals surface area contributed by atoms with Crippen LogP contribution >= 0.6 is 0 Å². The molecule has 0 aliphatic heterocycles. The van der Waals surface area contributed by atoms with E-state index in [0.717, 1.165) is 5.56 Å². The predicted molar refractivity (Wildman–Crippen MR) is 94.9 cm³/mol. The van der Waals surface area contributed by atoms with E-state index in [1.54, 1.807) is 49.4 Å². The third-order valence-electron chi connectivity index (χ3n) is 3.28. The van der Waals surface area contributed by atoms with Crippen molar-refractivity contribution < 1.29 is 32.0 Å². The van der Waals surface area contributed by atoms with E-state index in [9.17, 15) is 18.0 Å². The highest BCUT2D eigenvalue weighted by Crippen LogP contribution is 2.14. The minimum atomic E-state index is -4.23. The van der Waals surface area contributed by atoms with Crippen molar-refractivity contribution in [3.63, 3.8) is 0 Å². The highest BCUT2D eigenvalue weighted by molar-refractivity contribution is 7.86. The van der Waals surface area contributed by atoms with E-state index in [4.69, 9.17) is 9.84 Å². The zero-order chi connectivity index (χ0) is 19.9. The van der Waals surface area contributed by atoms with Crippen LogP contribution in [0.4, 0.5) is 4.79 Å². The van der Waals surface area contributed by atoms with Crippen LogP contribution in [-0.4, -0.2) is 25.6 Å². The lowest BCUT2D eigenvalue weighted by Gasteiger charge is -2.08. The summed E-state index contributed by atoms with van der Waals surface area (Å²) in [7, 11) is -4.23. The van der Waals surface area contributed by atoms with E-state index in [2.05, 4.69) is 4.18 Å². The zero-order valence-electron chi connectivity index (χ0n) is 14.3. The molecule has 0 spiro atoms. The normalized spacial score (nSPS) is 11.5. The first-order valence-electron chi connectivity index (χ1n) is 7.69. The Balaban J connectivity index is 2.02. The van der Waals surface area contributed by atoms with Crippen LogP contribution in [0.15, 0.2) is 71.5 Å². The number of carbonyl (C=O) groups is 2. The summed E-state index contributed by atoms with van der Waals surface area (Å²) in [6, 6.07) is 14.5. The Hall–Kier alpha value is -3.33. The first-order valence-corrected chi connectivity index (χ1v) is 9.10. The molecule has 0 atom stereocenters. The van der Waals surface area contributed by atoms with E-state index >= 15 is 0 Å². The number of carboxylic acid groups (broad SMARTS) is 1. The summed E-state index contributed by atoms with van der Waals surface area (Å²) in [5.41, 5.74) is 0.758. The molecular formula is C18H17NO7S. The van der Waals surface area contributed by atoms with Crippen LogP contribution in [0, 0.1) is 6.92 Å². The minimum absolute atomic E-state index is 0.0813. The largest absolute Gasteiger partial charge is 0.476 e. The van der Waals surface area contributed by atoms with Gasteiger partial charge in [0.2, 0.25) is 0 Å². The first kappa shape index (κ1) is 20.0. The number of hydrogen-bond donors (Lipinski definition) is 2. The van der Waals surface area contributed by atoms with Crippen molar-refractivity contribution >= 4 is 22.2 Å². The number of carbonyl (C=O) groups excluding carboxylic acids is 1. The fourth-order valence-electron chi connectivity index (χ4n) is 1.87. The summed E-state index contributed by atoms with van der Waals surface area (Å²) in [4.78, 5) is 22.8. The van der Waals surface area contributed by atoms with Crippen molar-refractivity contribution in [2.24, 2.45) is 0 Å². The van der Waals surface area contributed by atoms with Crippen molar-refractivity contribution in [1.82, 2.24) is 5.32 Å². The Morgan fingerprint density at radius 3 is 2.30 bits per heavy atom. The van der Waals surface area contributed by atoms with Gasteiger partial charge in [0.1, 0.15) is 17.8 Å². The van der Waals surface area contributed by atoms with E-state index in [0.29, 0.717) is 11.8 Å². The Morgan fingerprint density at radius 1 is 1.07 bits per heavy atom. The highest BCUT2D eigenvalue weighted by Gasteiger charge is 2.18. The van der Waals surface area contributed by atoms with Crippen LogP contribution in [0.2, 0.25) is 0 Å². The van der Waals surface area contributed by atoms with Gasteiger partial charge in [0.15, 0.2) is 5.70 Å². The topological polar surface area (TPSA) is 119 Å². The number of carboxylic acids is 1. The van der Waals surface area contributed by atoms with Gasteiger partial charge in [0, 0.05) is 0 Å². The molecule has 2 rings (SSSR count). The summed E-state index contributed by atoms with van der Waals surface area (Å²) in [6.45, 7) is 1.70. The molecule has 2 aromatic rings. The van der Waals surface area contributed by atoms with Crippen LogP contribution < -0.4 is 5.32 Å². The van der Waals surface area contributed by atoms with Crippen molar-refractivity contribution in [3.05, 3.63) is 77.7 Å². The fourth-order valence-corrected chi connectivity index (χ4v) is 2.68. The van der Waals surface area contributed by atoms with Crippen molar-refractivity contribution in [3.8, 4) is 0 Å². The molecule has 1 amide bonds. The minimum Gasteiger partial charge on any atom is -0.476 e. The molecule has 0 radical (unpaired) electrons. The molecule has 0 aliphatic rings. The lowest BCUT2D eigenvalue weighted by atomic mass is 10.2. The molecule has 0 saturated carbocycles. The Labute approximate surface area is 156 Å². The maximum atomic E-state index is 12.1. The molecule has 0 aliphatic carbocycles. The van der Waals surface area contributed by atoms with Crippen LogP contribution in [0.5, 0.6) is 0 Å². The Bertz CT molecular complexity index is 935. The molecule has 2 N–H and O–H groups in total. The standard InChI is InChI=1S/C18H17NO7S/c1-13-7-9-15(10-8-13)27(23,24)26-12-16(17(20)21)19-18(22)25-11-14-5-3-2-4-6-14/h2-10,12H,11H2,1H3,(H,19,22)(H,20,21). The number of hydrogen-bond acceptors (Lipinski definition) is 6. The van der Waals surface area contributed by atoms with Gasteiger partial charge in [-0.2, -0.15) is 8.42 Å². The summed E-state index contributed by atoms with van der Waals surface area (Å²) >= 11 is 0. The van der Waals surface area contributed by atoms with Gasteiger partial charge in [-0.25, -0.2) is 9.59 Å². The molecule has 0 fully saturated rings. The zero-order valence-corrected chi connectivity index (χ0v) is 15.1. The Morgan fingerprint density at radius 2 is 1.70 bits per heavy atom. The monoisotopic (exact) mass is 391 g/mol. The maximum Gasteiger partial charge on any atom is 0.412 e. The SMILES string of the molecule is Cc1ccc(S(=O)(=O)OC=C(NC(=O)OCc2ccccc2)C(=O)O)cc1. The number of rotatable bonds is 7. The van der Waals surface area contributed by atoms with Crippen LogP contribution in [-0.2, 0) is 30.4 Å². The smallest absolute Gasteiger partial charge is 0.412 e. The molecular weight excluding hydrogens is 374 g/mol. The summed E-state index contributed by atoms with van der Waals surface area (Å²) < 4.78 is 33.6. The lowest BCUT2D eigenvalue weighted by Crippen LogP contribution is -2.28. The van der Waals surface area contributed by atoms with Gasteiger partial charge in [-0.15, -0.1) is 0 Å². The number of amides is 1. The fraction of sp³-hybridized carbons (Fsp3) is 0.111. The number of aliphatic carboxylic acids is 1. The molecule has 27 heavy (non-hydrogen) atoms. The average molecular weight is 391 g/mol. The lowest BCUT2D eigenvalue weighted by molar-refractivity contribution is -0.133. The van der Waals surface area contributed by atoms with Crippen LogP contribution in [0.3, 0.4) is 0 Å². The van der Waals surface area contributed by atoms with Gasteiger partial charge in [0.05, 0.1) is 0 Å². The molecule has 0 bridgehead atoms. The molecule has 9 heteroatoms. The number of alkyl carbamates (subject to hydrolysis) is 1. The van der Waals surface area contributed by atoms with Crippen molar-refractivity contribution in [2.45, 2.75) is 18.4 Å². The number of nitrogens with one attached hydrogen (secondary N) is 1. The van der Waals surface area contributed by atoms with Gasteiger partial charge < -0.3 is 14.0 Å². The van der Waals surface area contributed by atoms with E-state index in [1.807, 2.05) is 5.32 Å². The van der Waals surface area contributed by atoms with Crippen molar-refractivity contribution in [1.29, 1.82) is 0 Å². The van der Waals surface area contributed by atoms with Crippen LogP contribution in [0.25, 0.3) is 0 Å². The molecule has 0 unspecified atom stereocenters. The van der Waals surface area contributed by atoms with E-state index in [-0.39, 0.29) is 11.5 Å². The molecule has 2 aromatic carbocycles. The number of aryl methyl sites for hydroxylation is 1. The number of benzene rings is 2. The third kappa shape index (κ3) is 6.15. The summed E-state index contributed by atoms with van der Waals surface area (Å²) in [5.74, 6) is -1.59. The van der Waals surface area contributed by atoms with Gasteiger partial charge in [-0.05, 0) is 24.6 Å². The molecule has 8 nitrogen and oxygen atoms in total. The van der Waals surface area contributed by atoms with Gasteiger partial charge >= 0.3 is 22.2 Å². The molecule has 142 valence electrons. The first-order chi connectivity index (χ1) is 12.8. The maximum absolute atomic E-state index is 12.1. The summed E-state index contributed by atoms with van der Waals surface area (Å²) in [6.07, 6.45) is -0.634. The van der Waals surface area contributed by atoms with Gasteiger partial charge in [-0.1, -0.05) is 48.0 Å². The molecule has 0 aromatic heterocycles. The molecule has 0 heterocycles. The predicted octanol–water partition coefficient (Wildman–Crippen LogP) is 2.55. The average Bonchev–Trinajstić information content (AvgIpc) is 2.64. The third-order valence-corrected chi connectivity index (χ3v) is 4.48. The van der Waals surface area contributed by atoms with Crippen molar-refractivity contribution in [2.75, 3.05) is 0 Å². The Kier molecular flexibility index (Phi) is 6.56. The quantitative estimate of drug-likeness (QED) is 0.423. The number of ether oxygens (including phenoxy) is 1. The van der Waals surface area contributed by atoms with Gasteiger partial charge in [0.25, 0.3) is 0 Å². The second kappa shape index (κ2) is 8.86.